The fourth-order valence-corrected chi connectivity index (χ4v) is 1.04. The van der Waals surface area contributed by atoms with Gasteiger partial charge in [0.1, 0.15) is 5.76 Å². The summed E-state index contributed by atoms with van der Waals surface area (Å²) in [7, 11) is 0. The summed E-state index contributed by atoms with van der Waals surface area (Å²) in [5.74, 6) is 0.406. The van der Waals surface area contributed by atoms with Gasteiger partial charge in [-0.05, 0) is 12.1 Å². The number of aromatic nitrogens is 3. The van der Waals surface area contributed by atoms with Gasteiger partial charge in [0.15, 0.2) is 0 Å². The number of nitrogen functional groups attached to an aromatic ring is 1. The molecule has 0 aliphatic carbocycles. The van der Waals surface area contributed by atoms with Crippen molar-refractivity contribution in [2.45, 2.75) is 6.54 Å². The molecule has 0 bridgehead atoms. The molecule has 0 unspecified atom stereocenters. The minimum absolute atomic E-state index is 0.0400. The number of nitrogens with two attached hydrogens (primary N) is 1. The highest BCUT2D eigenvalue weighted by molar-refractivity contribution is 5.90. The fraction of sp³-hybridized carbons (Fsp3) is 0.125. The number of amides is 1. The number of carbonyl (C=O) groups is 1. The summed E-state index contributed by atoms with van der Waals surface area (Å²) < 4.78 is 5.04. The number of rotatable bonds is 3. The monoisotopic (exact) mass is 207 g/mol. The second-order valence-electron chi connectivity index (χ2n) is 2.80. The number of furan rings is 1. The van der Waals surface area contributed by atoms with Crippen LogP contribution in [-0.4, -0.2) is 21.1 Å². The molecule has 0 saturated heterocycles. The highest BCUT2D eigenvalue weighted by Gasteiger charge is 2.10. The SMILES string of the molecule is Nc1n[nH]c(C(=O)NCc2ccco2)n1. The molecule has 2 aromatic rings. The van der Waals surface area contributed by atoms with Crippen LogP contribution >= 0.6 is 0 Å². The summed E-state index contributed by atoms with van der Waals surface area (Å²) in [6.07, 6.45) is 1.54. The molecule has 7 nitrogen and oxygen atoms in total. The topological polar surface area (TPSA) is 110 Å². The van der Waals surface area contributed by atoms with Crippen LogP contribution in [-0.2, 0) is 6.54 Å². The smallest absolute Gasteiger partial charge is 0.289 e. The summed E-state index contributed by atoms with van der Waals surface area (Å²) >= 11 is 0. The van der Waals surface area contributed by atoms with Gasteiger partial charge in [0, 0.05) is 0 Å². The molecule has 0 aliphatic rings. The standard InChI is InChI=1S/C8H9N5O2/c9-8-11-6(12-13-8)7(14)10-4-5-2-1-3-15-5/h1-3H,4H2,(H,10,14)(H3,9,11,12,13). The summed E-state index contributed by atoms with van der Waals surface area (Å²) in [5.41, 5.74) is 5.26. The van der Waals surface area contributed by atoms with Crippen molar-refractivity contribution in [1.82, 2.24) is 20.5 Å². The number of hydrogen-bond acceptors (Lipinski definition) is 5. The van der Waals surface area contributed by atoms with Gasteiger partial charge in [-0.1, -0.05) is 0 Å². The van der Waals surface area contributed by atoms with Crippen molar-refractivity contribution in [2.75, 3.05) is 5.73 Å². The van der Waals surface area contributed by atoms with Gasteiger partial charge in [-0.25, -0.2) is 0 Å². The van der Waals surface area contributed by atoms with E-state index in [1.165, 1.54) is 6.26 Å². The van der Waals surface area contributed by atoms with Gasteiger partial charge < -0.3 is 15.5 Å². The molecule has 0 spiro atoms. The van der Waals surface area contributed by atoms with E-state index in [9.17, 15) is 4.79 Å². The minimum atomic E-state index is -0.379. The van der Waals surface area contributed by atoms with Gasteiger partial charge in [-0.2, -0.15) is 4.98 Å². The van der Waals surface area contributed by atoms with Crippen molar-refractivity contribution < 1.29 is 9.21 Å². The van der Waals surface area contributed by atoms with Crippen molar-refractivity contribution in [1.29, 1.82) is 0 Å². The Balaban J connectivity index is 1.93. The molecule has 0 aromatic carbocycles. The van der Waals surface area contributed by atoms with Gasteiger partial charge >= 0.3 is 0 Å². The zero-order chi connectivity index (χ0) is 10.7. The first-order valence-corrected chi connectivity index (χ1v) is 4.24. The van der Waals surface area contributed by atoms with Crippen LogP contribution in [0, 0.1) is 0 Å². The largest absolute Gasteiger partial charge is 0.467 e. The maximum atomic E-state index is 11.4. The Hall–Kier alpha value is -2.31. The molecule has 15 heavy (non-hydrogen) atoms. The van der Waals surface area contributed by atoms with Crippen LogP contribution in [0.3, 0.4) is 0 Å². The van der Waals surface area contributed by atoms with E-state index in [0.29, 0.717) is 12.3 Å². The number of aromatic amines is 1. The molecule has 0 radical (unpaired) electrons. The molecule has 0 atom stereocenters. The molecule has 2 rings (SSSR count). The normalized spacial score (nSPS) is 10.1. The highest BCUT2D eigenvalue weighted by atomic mass is 16.3. The van der Waals surface area contributed by atoms with E-state index in [0.717, 1.165) is 0 Å². The number of nitrogens with one attached hydrogen (secondary N) is 2. The third-order valence-corrected chi connectivity index (χ3v) is 1.72. The Bertz CT molecular complexity index is 447. The lowest BCUT2D eigenvalue weighted by atomic mass is 10.4. The van der Waals surface area contributed by atoms with Crippen LogP contribution in [0.2, 0.25) is 0 Å². The summed E-state index contributed by atoms with van der Waals surface area (Å²) in [5, 5.41) is 8.54. The zero-order valence-electron chi connectivity index (χ0n) is 7.73. The Morgan fingerprint density at radius 2 is 2.53 bits per heavy atom. The number of hydrogen-bond donors (Lipinski definition) is 3. The van der Waals surface area contributed by atoms with Crippen molar-refractivity contribution in [2.24, 2.45) is 0 Å². The van der Waals surface area contributed by atoms with Crippen molar-refractivity contribution in [3.8, 4) is 0 Å². The van der Waals surface area contributed by atoms with E-state index < -0.39 is 0 Å². The Kier molecular flexibility index (Phi) is 2.36. The molecule has 0 fully saturated rings. The Labute approximate surface area is 84.7 Å². The maximum absolute atomic E-state index is 11.4. The first kappa shape index (κ1) is 9.25. The van der Waals surface area contributed by atoms with E-state index in [1.807, 2.05) is 0 Å². The van der Waals surface area contributed by atoms with Crippen LogP contribution < -0.4 is 11.1 Å². The second-order valence-corrected chi connectivity index (χ2v) is 2.80. The quantitative estimate of drug-likeness (QED) is 0.651. The molecule has 78 valence electrons. The molecule has 1 amide bonds. The lowest BCUT2D eigenvalue weighted by Gasteiger charge is -1.98. The number of H-pyrrole nitrogens is 1. The molecule has 4 N–H and O–H groups in total. The highest BCUT2D eigenvalue weighted by Crippen LogP contribution is 1.99. The maximum Gasteiger partial charge on any atom is 0.289 e. The van der Waals surface area contributed by atoms with Crippen molar-refractivity contribution >= 4 is 11.9 Å². The van der Waals surface area contributed by atoms with E-state index in [4.69, 9.17) is 10.2 Å². The average Bonchev–Trinajstić information content (AvgIpc) is 2.84. The van der Waals surface area contributed by atoms with E-state index in [-0.39, 0.29) is 17.7 Å². The molecule has 0 saturated carbocycles. The van der Waals surface area contributed by atoms with Gasteiger partial charge in [-0.15, -0.1) is 5.10 Å². The second kappa shape index (κ2) is 3.82. The lowest BCUT2D eigenvalue weighted by Crippen LogP contribution is -2.23. The fourth-order valence-electron chi connectivity index (χ4n) is 1.04. The summed E-state index contributed by atoms with van der Waals surface area (Å²) in [4.78, 5) is 15.1. The average molecular weight is 207 g/mol. The number of anilines is 1. The van der Waals surface area contributed by atoms with Gasteiger partial charge in [0.05, 0.1) is 12.8 Å². The van der Waals surface area contributed by atoms with Gasteiger partial charge in [-0.3, -0.25) is 9.89 Å². The first-order valence-electron chi connectivity index (χ1n) is 4.24. The Morgan fingerprint density at radius 3 is 3.13 bits per heavy atom. The molecular weight excluding hydrogens is 198 g/mol. The Morgan fingerprint density at radius 1 is 1.67 bits per heavy atom. The number of nitrogens with zero attached hydrogens (tertiary/aromatic N) is 2. The molecule has 7 heteroatoms. The molecule has 2 heterocycles. The first-order chi connectivity index (χ1) is 7.25. The van der Waals surface area contributed by atoms with Crippen LogP contribution in [0.4, 0.5) is 5.95 Å². The predicted octanol–water partition coefficient (Wildman–Crippen LogP) is -0.0901. The third kappa shape index (κ3) is 2.13. The van der Waals surface area contributed by atoms with Crippen molar-refractivity contribution in [3.63, 3.8) is 0 Å². The summed E-state index contributed by atoms with van der Waals surface area (Å²) in [6, 6.07) is 3.50. The summed E-state index contributed by atoms with van der Waals surface area (Å²) in [6.45, 7) is 0.298. The predicted molar refractivity (Wildman–Crippen MR) is 50.7 cm³/mol. The number of carbonyl (C=O) groups excluding carboxylic acids is 1. The molecule has 0 aliphatic heterocycles. The van der Waals surface area contributed by atoms with E-state index in [2.05, 4.69) is 20.5 Å². The van der Waals surface area contributed by atoms with Crippen LogP contribution in [0.25, 0.3) is 0 Å². The van der Waals surface area contributed by atoms with E-state index in [1.54, 1.807) is 12.1 Å². The van der Waals surface area contributed by atoms with Gasteiger partial charge in [0.2, 0.25) is 11.8 Å². The lowest BCUT2D eigenvalue weighted by molar-refractivity contribution is 0.0938. The molecule has 2 aromatic heterocycles. The van der Waals surface area contributed by atoms with Crippen molar-refractivity contribution in [3.05, 3.63) is 30.0 Å². The van der Waals surface area contributed by atoms with Gasteiger partial charge in [0.25, 0.3) is 5.91 Å². The van der Waals surface area contributed by atoms with Crippen LogP contribution in [0.5, 0.6) is 0 Å². The van der Waals surface area contributed by atoms with Crippen LogP contribution in [0.1, 0.15) is 16.4 Å². The molecular formula is C8H9N5O2. The zero-order valence-corrected chi connectivity index (χ0v) is 7.73. The minimum Gasteiger partial charge on any atom is -0.467 e. The van der Waals surface area contributed by atoms with E-state index >= 15 is 0 Å². The third-order valence-electron chi connectivity index (χ3n) is 1.72. The van der Waals surface area contributed by atoms with Crippen LogP contribution in [0.15, 0.2) is 22.8 Å².